The summed E-state index contributed by atoms with van der Waals surface area (Å²) in [6.45, 7) is 1.53. The first-order valence-electron chi connectivity index (χ1n) is 5.80. The average Bonchev–Trinajstić information content (AvgIpc) is 2.26. The predicted molar refractivity (Wildman–Crippen MR) is 61.6 cm³/mol. The number of hydrogen-bond acceptors (Lipinski definition) is 2. The van der Waals surface area contributed by atoms with Gasteiger partial charge in [-0.05, 0) is 31.2 Å². The molecular formula is C11H23N3O. The van der Waals surface area contributed by atoms with E-state index in [4.69, 9.17) is 5.73 Å². The van der Waals surface area contributed by atoms with Gasteiger partial charge in [-0.1, -0.05) is 12.8 Å². The molecule has 2 unspecified atom stereocenters. The van der Waals surface area contributed by atoms with E-state index in [1.54, 1.807) is 19.0 Å². The number of nitrogens with zero attached hydrogens (tertiary/aromatic N) is 1. The second kappa shape index (κ2) is 5.95. The number of hydrogen-bond donors (Lipinski definition) is 2. The smallest absolute Gasteiger partial charge is 0.316 e. The van der Waals surface area contributed by atoms with Crippen LogP contribution < -0.4 is 11.1 Å². The molecule has 88 valence electrons. The molecule has 0 aromatic carbocycles. The molecule has 1 rings (SSSR count). The average molecular weight is 213 g/mol. The van der Waals surface area contributed by atoms with E-state index in [1.165, 1.54) is 25.7 Å². The van der Waals surface area contributed by atoms with E-state index in [0.29, 0.717) is 11.8 Å². The Balaban J connectivity index is 2.32. The summed E-state index contributed by atoms with van der Waals surface area (Å²) in [5.74, 6) is 1.17. The van der Waals surface area contributed by atoms with Crippen LogP contribution in [0.15, 0.2) is 0 Å². The highest BCUT2D eigenvalue weighted by Crippen LogP contribution is 2.28. The largest absolute Gasteiger partial charge is 0.338 e. The number of nitrogens with two attached hydrogens (primary N) is 1. The minimum absolute atomic E-state index is 0.00338. The van der Waals surface area contributed by atoms with Crippen LogP contribution in [0.2, 0.25) is 0 Å². The molecule has 0 heterocycles. The number of rotatable bonds is 3. The Morgan fingerprint density at radius 2 is 1.93 bits per heavy atom. The lowest BCUT2D eigenvalue weighted by atomic mass is 9.79. The Morgan fingerprint density at radius 1 is 1.33 bits per heavy atom. The highest BCUT2D eigenvalue weighted by Gasteiger charge is 2.24. The van der Waals surface area contributed by atoms with Gasteiger partial charge in [0.15, 0.2) is 0 Å². The van der Waals surface area contributed by atoms with E-state index in [9.17, 15) is 4.79 Å². The normalized spacial score (nSPS) is 26.1. The molecule has 2 atom stereocenters. The van der Waals surface area contributed by atoms with Crippen molar-refractivity contribution >= 4 is 6.03 Å². The van der Waals surface area contributed by atoms with E-state index < -0.39 is 0 Å². The van der Waals surface area contributed by atoms with Crippen molar-refractivity contribution in [3.63, 3.8) is 0 Å². The number of nitrogens with one attached hydrogen (secondary N) is 1. The van der Waals surface area contributed by atoms with Crippen molar-refractivity contribution < 1.29 is 4.79 Å². The number of amides is 2. The van der Waals surface area contributed by atoms with Crippen LogP contribution in [0.25, 0.3) is 0 Å². The van der Waals surface area contributed by atoms with Gasteiger partial charge in [-0.3, -0.25) is 0 Å². The van der Waals surface area contributed by atoms with Gasteiger partial charge in [-0.25, -0.2) is 4.79 Å². The van der Waals surface area contributed by atoms with Crippen LogP contribution in [0.1, 0.15) is 25.7 Å². The maximum absolute atomic E-state index is 11.4. The highest BCUT2D eigenvalue weighted by molar-refractivity contribution is 5.73. The molecule has 1 aliphatic carbocycles. The molecule has 1 aliphatic rings. The Morgan fingerprint density at radius 3 is 2.47 bits per heavy atom. The van der Waals surface area contributed by atoms with Gasteiger partial charge in [0.25, 0.3) is 0 Å². The monoisotopic (exact) mass is 213 g/mol. The predicted octanol–water partition coefficient (Wildman–Crippen LogP) is 1.02. The fraction of sp³-hybridized carbons (Fsp3) is 0.909. The van der Waals surface area contributed by atoms with Crippen molar-refractivity contribution in [1.29, 1.82) is 0 Å². The van der Waals surface area contributed by atoms with Gasteiger partial charge in [0.2, 0.25) is 0 Å². The number of urea groups is 1. The summed E-state index contributed by atoms with van der Waals surface area (Å²) in [6.07, 6.45) is 4.99. The molecule has 0 aromatic heterocycles. The lowest BCUT2D eigenvalue weighted by Gasteiger charge is -2.31. The SMILES string of the molecule is CN(C)C(=O)NCC1CCCCC1CN. The molecule has 4 nitrogen and oxygen atoms in total. The number of carbonyl (C=O) groups is 1. The molecule has 0 bridgehead atoms. The topological polar surface area (TPSA) is 58.4 Å². The minimum atomic E-state index is -0.00338. The van der Waals surface area contributed by atoms with Gasteiger partial charge < -0.3 is 16.0 Å². The van der Waals surface area contributed by atoms with Crippen molar-refractivity contribution in [2.45, 2.75) is 25.7 Å². The molecule has 2 amide bonds. The minimum Gasteiger partial charge on any atom is -0.338 e. The first kappa shape index (κ1) is 12.3. The van der Waals surface area contributed by atoms with E-state index in [-0.39, 0.29) is 6.03 Å². The highest BCUT2D eigenvalue weighted by atomic mass is 16.2. The van der Waals surface area contributed by atoms with Crippen molar-refractivity contribution in [3.05, 3.63) is 0 Å². The lowest BCUT2D eigenvalue weighted by molar-refractivity contribution is 0.202. The molecule has 1 saturated carbocycles. The number of carbonyl (C=O) groups excluding carboxylic acids is 1. The quantitative estimate of drug-likeness (QED) is 0.735. The van der Waals surface area contributed by atoms with Crippen LogP contribution in [0.4, 0.5) is 4.79 Å². The molecule has 0 radical (unpaired) electrons. The van der Waals surface area contributed by atoms with Crippen molar-refractivity contribution in [2.75, 3.05) is 27.2 Å². The summed E-state index contributed by atoms with van der Waals surface area (Å²) in [5.41, 5.74) is 5.74. The van der Waals surface area contributed by atoms with Gasteiger partial charge in [0.1, 0.15) is 0 Å². The van der Waals surface area contributed by atoms with Crippen molar-refractivity contribution in [1.82, 2.24) is 10.2 Å². The zero-order chi connectivity index (χ0) is 11.3. The van der Waals surface area contributed by atoms with E-state index in [1.807, 2.05) is 0 Å². The molecule has 15 heavy (non-hydrogen) atoms. The zero-order valence-corrected chi connectivity index (χ0v) is 9.83. The van der Waals surface area contributed by atoms with Crippen LogP contribution in [-0.2, 0) is 0 Å². The Kier molecular flexibility index (Phi) is 4.88. The zero-order valence-electron chi connectivity index (χ0n) is 9.83. The van der Waals surface area contributed by atoms with Crippen molar-refractivity contribution in [3.8, 4) is 0 Å². The molecule has 0 aliphatic heterocycles. The molecule has 0 aromatic rings. The van der Waals surface area contributed by atoms with Gasteiger partial charge in [0.05, 0.1) is 0 Å². The summed E-state index contributed by atoms with van der Waals surface area (Å²) < 4.78 is 0. The summed E-state index contributed by atoms with van der Waals surface area (Å²) in [6, 6.07) is -0.00338. The standard InChI is InChI=1S/C11H23N3O/c1-14(2)11(15)13-8-10-6-4-3-5-9(10)7-12/h9-10H,3-8,12H2,1-2H3,(H,13,15). The summed E-state index contributed by atoms with van der Waals surface area (Å²) >= 11 is 0. The van der Waals surface area contributed by atoms with E-state index in [2.05, 4.69) is 5.32 Å². The van der Waals surface area contributed by atoms with Crippen LogP contribution in [0.5, 0.6) is 0 Å². The summed E-state index contributed by atoms with van der Waals surface area (Å²) in [5, 5.41) is 2.95. The van der Waals surface area contributed by atoms with Crippen LogP contribution in [-0.4, -0.2) is 38.1 Å². The van der Waals surface area contributed by atoms with Crippen molar-refractivity contribution in [2.24, 2.45) is 17.6 Å². The van der Waals surface area contributed by atoms with Gasteiger partial charge in [-0.15, -0.1) is 0 Å². The Labute approximate surface area is 92.2 Å². The third kappa shape index (κ3) is 3.70. The van der Waals surface area contributed by atoms with Crippen LogP contribution >= 0.6 is 0 Å². The molecule has 0 saturated heterocycles. The third-order valence-electron chi connectivity index (χ3n) is 3.29. The molecule has 4 heteroatoms. The first-order valence-corrected chi connectivity index (χ1v) is 5.80. The fourth-order valence-corrected chi connectivity index (χ4v) is 2.24. The summed E-state index contributed by atoms with van der Waals surface area (Å²) in [4.78, 5) is 12.9. The lowest BCUT2D eigenvalue weighted by Crippen LogP contribution is -2.41. The first-order chi connectivity index (χ1) is 7.15. The van der Waals surface area contributed by atoms with Crippen LogP contribution in [0, 0.1) is 11.8 Å². The molecule has 3 N–H and O–H groups in total. The third-order valence-corrected chi connectivity index (χ3v) is 3.29. The molecule has 1 fully saturated rings. The van der Waals surface area contributed by atoms with Gasteiger partial charge >= 0.3 is 6.03 Å². The Hall–Kier alpha value is -0.770. The maximum Gasteiger partial charge on any atom is 0.316 e. The van der Waals surface area contributed by atoms with E-state index >= 15 is 0 Å². The molecule has 0 spiro atoms. The second-order valence-electron chi connectivity index (χ2n) is 4.62. The van der Waals surface area contributed by atoms with Crippen LogP contribution in [0.3, 0.4) is 0 Å². The summed E-state index contributed by atoms with van der Waals surface area (Å²) in [7, 11) is 3.52. The van der Waals surface area contributed by atoms with E-state index in [0.717, 1.165) is 13.1 Å². The molecular weight excluding hydrogens is 190 g/mol. The van der Waals surface area contributed by atoms with Gasteiger partial charge in [0, 0.05) is 20.6 Å². The fourth-order valence-electron chi connectivity index (χ4n) is 2.24. The second-order valence-corrected chi connectivity index (χ2v) is 4.62. The Bertz CT molecular complexity index is 206. The maximum atomic E-state index is 11.4. The van der Waals surface area contributed by atoms with Gasteiger partial charge in [-0.2, -0.15) is 0 Å².